The van der Waals surface area contributed by atoms with Gasteiger partial charge in [-0.15, -0.1) is 0 Å². The second kappa shape index (κ2) is 13.2. The Labute approximate surface area is 185 Å². The van der Waals surface area contributed by atoms with Crippen molar-refractivity contribution in [3.05, 3.63) is 60.2 Å². The van der Waals surface area contributed by atoms with Crippen molar-refractivity contribution < 1.29 is 24.5 Å². The molecule has 0 amide bonds. The van der Waals surface area contributed by atoms with Gasteiger partial charge in [-0.3, -0.25) is 9.59 Å². The van der Waals surface area contributed by atoms with Crippen molar-refractivity contribution in [1.82, 2.24) is 0 Å². The van der Waals surface area contributed by atoms with E-state index in [-0.39, 0.29) is 36.1 Å². The zero-order valence-electron chi connectivity index (χ0n) is 18.7. The van der Waals surface area contributed by atoms with Crippen LogP contribution in [0.5, 0.6) is 0 Å². The average Bonchev–Trinajstić information content (AvgIpc) is 3.00. The van der Waals surface area contributed by atoms with E-state index < -0.39 is 12.2 Å². The summed E-state index contributed by atoms with van der Waals surface area (Å²) in [6.07, 6.45) is 10.00. The van der Waals surface area contributed by atoms with Gasteiger partial charge in [-0.1, -0.05) is 54.6 Å². The molecule has 1 aliphatic rings. The number of benzene rings is 1. The van der Waals surface area contributed by atoms with Crippen LogP contribution in [0.15, 0.2) is 54.6 Å². The number of Topliss-reactive ketones (excluding diaryl/α,β-unsaturated/α-hetero) is 1. The number of allylic oxidation sites excluding steroid dienone is 2. The Bertz CT molecular complexity index is 737. The lowest BCUT2D eigenvalue weighted by Gasteiger charge is -2.16. The first-order valence-corrected chi connectivity index (χ1v) is 11.3. The minimum atomic E-state index is -0.700. The first kappa shape index (κ1) is 25.0. The Hall–Kier alpha value is -2.24. The summed E-state index contributed by atoms with van der Waals surface area (Å²) in [5, 5.41) is 20.6. The molecule has 5 nitrogen and oxygen atoms in total. The number of ether oxygens (including phenoxy) is 1. The smallest absolute Gasteiger partial charge is 0.306 e. The van der Waals surface area contributed by atoms with Crippen molar-refractivity contribution in [2.75, 3.05) is 0 Å². The monoisotopic (exact) mass is 428 g/mol. The molecule has 1 aromatic carbocycles. The molecule has 0 radical (unpaired) electrons. The maximum Gasteiger partial charge on any atom is 0.306 e. The van der Waals surface area contributed by atoms with Crippen molar-refractivity contribution in [2.45, 2.75) is 77.1 Å². The van der Waals surface area contributed by atoms with Gasteiger partial charge in [0.15, 0.2) is 0 Å². The van der Waals surface area contributed by atoms with Gasteiger partial charge in [0.1, 0.15) is 5.78 Å². The fourth-order valence-corrected chi connectivity index (χ4v) is 3.89. The number of aliphatic hydroxyl groups excluding tert-OH is 2. The van der Waals surface area contributed by atoms with Crippen LogP contribution in [0.25, 0.3) is 0 Å². The first-order chi connectivity index (χ1) is 14.9. The van der Waals surface area contributed by atoms with Crippen molar-refractivity contribution in [1.29, 1.82) is 0 Å². The van der Waals surface area contributed by atoms with Gasteiger partial charge in [0.2, 0.25) is 0 Å². The lowest BCUT2D eigenvalue weighted by Crippen LogP contribution is -2.19. The van der Waals surface area contributed by atoms with Gasteiger partial charge >= 0.3 is 5.97 Å². The second-order valence-corrected chi connectivity index (χ2v) is 8.54. The number of unbranched alkanes of at least 4 members (excludes halogenated alkanes) is 1. The Morgan fingerprint density at radius 1 is 1.23 bits per heavy atom. The number of aliphatic hydroxyl groups is 2. The van der Waals surface area contributed by atoms with Gasteiger partial charge in [0.25, 0.3) is 0 Å². The Balaban J connectivity index is 1.77. The molecule has 0 heterocycles. The number of carbonyl (C=O) groups excluding carboxylic acids is 2. The van der Waals surface area contributed by atoms with Crippen LogP contribution in [0.2, 0.25) is 0 Å². The van der Waals surface area contributed by atoms with E-state index in [0.717, 1.165) is 12.8 Å². The van der Waals surface area contributed by atoms with Crippen LogP contribution in [0.4, 0.5) is 0 Å². The SMILES string of the molecule is CC(C)OC(=O)CCCC=CCC1C(=O)C[C@@H](O)C1C=C[C@@H](O)CCc1ccccc1. The van der Waals surface area contributed by atoms with Gasteiger partial charge in [0, 0.05) is 24.7 Å². The van der Waals surface area contributed by atoms with Crippen molar-refractivity contribution >= 4 is 11.8 Å². The number of hydrogen-bond donors (Lipinski definition) is 2. The zero-order valence-corrected chi connectivity index (χ0v) is 18.7. The minimum absolute atomic E-state index is 0.0612. The quantitative estimate of drug-likeness (QED) is 0.297. The number of hydrogen-bond acceptors (Lipinski definition) is 5. The van der Waals surface area contributed by atoms with E-state index in [0.29, 0.717) is 25.7 Å². The van der Waals surface area contributed by atoms with Crippen molar-refractivity contribution in [3.63, 3.8) is 0 Å². The summed E-state index contributed by atoms with van der Waals surface area (Å²) in [5.41, 5.74) is 1.17. The molecule has 0 saturated heterocycles. The normalized spacial score (nSPS) is 22.6. The summed E-state index contributed by atoms with van der Waals surface area (Å²) >= 11 is 0. The number of rotatable bonds is 12. The fourth-order valence-electron chi connectivity index (χ4n) is 3.89. The molecule has 0 spiro atoms. The molecule has 1 saturated carbocycles. The van der Waals surface area contributed by atoms with E-state index in [2.05, 4.69) is 0 Å². The van der Waals surface area contributed by atoms with Gasteiger partial charge in [0.05, 0.1) is 18.3 Å². The highest BCUT2D eigenvalue weighted by molar-refractivity contribution is 5.84. The third kappa shape index (κ3) is 9.19. The van der Waals surface area contributed by atoms with E-state index in [4.69, 9.17) is 4.74 Å². The molecule has 1 fully saturated rings. The van der Waals surface area contributed by atoms with Crippen LogP contribution in [0.3, 0.4) is 0 Å². The number of carbonyl (C=O) groups is 2. The summed E-state index contributed by atoms with van der Waals surface area (Å²) in [7, 11) is 0. The number of ketones is 1. The molecule has 31 heavy (non-hydrogen) atoms. The van der Waals surface area contributed by atoms with Crippen LogP contribution >= 0.6 is 0 Å². The molecular weight excluding hydrogens is 392 g/mol. The molecule has 0 aromatic heterocycles. The standard InChI is InChI=1S/C26H36O5/c1-19(2)31-26(30)13-9-4-3-8-12-22-23(25(29)18-24(22)28)17-16-21(27)15-14-20-10-6-5-7-11-20/h3,5-8,10-11,16-17,19,21-23,25,27,29H,4,9,12-15,18H2,1-2H3/t21-,22?,23?,25+/m0/s1. The van der Waals surface area contributed by atoms with E-state index in [1.165, 1.54) is 5.56 Å². The van der Waals surface area contributed by atoms with Crippen LogP contribution < -0.4 is 0 Å². The highest BCUT2D eigenvalue weighted by atomic mass is 16.5. The highest BCUT2D eigenvalue weighted by Gasteiger charge is 2.39. The minimum Gasteiger partial charge on any atom is -0.463 e. The fraction of sp³-hybridized carbons (Fsp3) is 0.538. The molecule has 5 heteroatoms. The maximum absolute atomic E-state index is 12.3. The topological polar surface area (TPSA) is 83.8 Å². The summed E-state index contributed by atoms with van der Waals surface area (Å²) in [6.45, 7) is 3.66. The third-order valence-electron chi connectivity index (χ3n) is 5.54. The van der Waals surface area contributed by atoms with Crippen molar-refractivity contribution in [2.24, 2.45) is 11.8 Å². The lowest BCUT2D eigenvalue weighted by atomic mass is 9.90. The predicted octanol–water partition coefficient (Wildman–Crippen LogP) is 4.17. The molecule has 0 aliphatic heterocycles. The number of esters is 1. The van der Waals surface area contributed by atoms with Gasteiger partial charge in [-0.25, -0.2) is 0 Å². The lowest BCUT2D eigenvalue weighted by molar-refractivity contribution is -0.147. The largest absolute Gasteiger partial charge is 0.463 e. The predicted molar refractivity (Wildman–Crippen MR) is 121 cm³/mol. The summed E-state index contributed by atoms with van der Waals surface area (Å²) in [5.74, 6) is -0.668. The molecule has 2 N–H and O–H groups in total. The van der Waals surface area contributed by atoms with Crippen molar-refractivity contribution in [3.8, 4) is 0 Å². The third-order valence-corrected chi connectivity index (χ3v) is 5.54. The Morgan fingerprint density at radius 3 is 2.68 bits per heavy atom. The summed E-state index contributed by atoms with van der Waals surface area (Å²) < 4.78 is 5.10. The van der Waals surface area contributed by atoms with E-state index in [1.54, 1.807) is 6.08 Å². The molecule has 2 unspecified atom stereocenters. The average molecular weight is 429 g/mol. The summed E-state index contributed by atoms with van der Waals surface area (Å²) in [6, 6.07) is 9.99. The molecule has 170 valence electrons. The first-order valence-electron chi connectivity index (χ1n) is 11.3. The second-order valence-electron chi connectivity index (χ2n) is 8.54. The molecule has 1 aliphatic carbocycles. The van der Waals surface area contributed by atoms with Gasteiger partial charge < -0.3 is 14.9 Å². The number of aryl methyl sites for hydroxylation is 1. The van der Waals surface area contributed by atoms with Crippen LogP contribution in [0, 0.1) is 11.8 Å². The van der Waals surface area contributed by atoms with E-state index in [1.807, 2.05) is 62.4 Å². The van der Waals surface area contributed by atoms with E-state index in [9.17, 15) is 19.8 Å². The zero-order chi connectivity index (χ0) is 22.6. The molecule has 1 aromatic rings. The highest BCUT2D eigenvalue weighted by Crippen LogP contribution is 2.33. The Kier molecular flexibility index (Phi) is 10.7. The van der Waals surface area contributed by atoms with E-state index >= 15 is 0 Å². The maximum atomic E-state index is 12.3. The Morgan fingerprint density at radius 2 is 1.97 bits per heavy atom. The molecule has 2 rings (SSSR count). The molecule has 0 bridgehead atoms. The van der Waals surface area contributed by atoms with Gasteiger partial charge in [-0.05, 0) is 51.5 Å². The molecule has 4 atom stereocenters. The van der Waals surface area contributed by atoms with Crippen LogP contribution in [-0.2, 0) is 20.7 Å². The molecular formula is C26H36O5. The van der Waals surface area contributed by atoms with Crippen LogP contribution in [0.1, 0.15) is 57.9 Å². The van der Waals surface area contributed by atoms with Crippen LogP contribution in [-0.4, -0.2) is 40.3 Å². The van der Waals surface area contributed by atoms with Gasteiger partial charge in [-0.2, -0.15) is 0 Å². The summed E-state index contributed by atoms with van der Waals surface area (Å²) in [4.78, 5) is 23.8.